The lowest BCUT2D eigenvalue weighted by Gasteiger charge is -2.08. The van der Waals surface area contributed by atoms with Crippen LogP contribution in [0.4, 0.5) is 0 Å². The van der Waals surface area contributed by atoms with E-state index < -0.39 is 0 Å². The zero-order chi connectivity index (χ0) is 17.8. The summed E-state index contributed by atoms with van der Waals surface area (Å²) in [4.78, 5) is 12.6. The Hall–Kier alpha value is -2.59. The molecule has 0 saturated heterocycles. The molecule has 1 amide bonds. The van der Waals surface area contributed by atoms with Crippen LogP contribution in [0.25, 0.3) is 0 Å². The van der Waals surface area contributed by atoms with Crippen LogP contribution in [0.15, 0.2) is 54.6 Å². The van der Waals surface area contributed by atoms with Gasteiger partial charge in [0, 0.05) is 17.3 Å². The van der Waals surface area contributed by atoms with Gasteiger partial charge in [0.2, 0.25) is 0 Å². The Morgan fingerprint density at radius 1 is 1.08 bits per heavy atom. The highest BCUT2D eigenvalue weighted by atomic mass is 35.5. The van der Waals surface area contributed by atoms with Crippen LogP contribution in [0, 0.1) is 13.8 Å². The zero-order valence-electron chi connectivity index (χ0n) is 14.3. The molecule has 0 unspecified atom stereocenters. The summed E-state index contributed by atoms with van der Waals surface area (Å²) in [6.45, 7) is 4.80. The predicted molar refractivity (Wildman–Crippen MR) is 99.9 cm³/mol. The SMILES string of the molecule is Cc1nn(Cc2ccccc2Cl)c(C)c1C(=O)NCc1ccccc1. The molecule has 0 atom stereocenters. The van der Waals surface area contributed by atoms with Crippen molar-refractivity contribution in [2.24, 2.45) is 0 Å². The molecule has 0 aliphatic rings. The fourth-order valence-electron chi connectivity index (χ4n) is 2.83. The molecule has 3 rings (SSSR count). The zero-order valence-corrected chi connectivity index (χ0v) is 15.0. The van der Waals surface area contributed by atoms with E-state index in [1.54, 1.807) is 0 Å². The number of carbonyl (C=O) groups is 1. The maximum absolute atomic E-state index is 12.6. The van der Waals surface area contributed by atoms with Gasteiger partial charge in [-0.3, -0.25) is 9.48 Å². The first-order valence-electron chi connectivity index (χ1n) is 8.16. The van der Waals surface area contributed by atoms with Gasteiger partial charge in [0.15, 0.2) is 0 Å². The molecule has 1 heterocycles. The van der Waals surface area contributed by atoms with E-state index in [-0.39, 0.29) is 5.91 Å². The molecule has 25 heavy (non-hydrogen) atoms. The Kier molecular flexibility index (Phi) is 5.19. The molecular formula is C20H20ClN3O. The number of nitrogens with zero attached hydrogens (tertiary/aromatic N) is 2. The minimum Gasteiger partial charge on any atom is -0.348 e. The van der Waals surface area contributed by atoms with Crippen molar-refractivity contribution in [2.75, 3.05) is 0 Å². The first-order valence-corrected chi connectivity index (χ1v) is 8.53. The Morgan fingerprint density at radius 3 is 2.48 bits per heavy atom. The molecule has 1 N–H and O–H groups in total. The van der Waals surface area contributed by atoms with Crippen LogP contribution in [-0.2, 0) is 13.1 Å². The molecular weight excluding hydrogens is 334 g/mol. The molecule has 0 aliphatic carbocycles. The quantitative estimate of drug-likeness (QED) is 0.749. The third kappa shape index (κ3) is 3.91. The van der Waals surface area contributed by atoms with Gasteiger partial charge >= 0.3 is 0 Å². The maximum atomic E-state index is 12.6. The second-order valence-corrected chi connectivity index (χ2v) is 6.37. The molecule has 5 heteroatoms. The second-order valence-electron chi connectivity index (χ2n) is 5.96. The lowest BCUT2D eigenvalue weighted by molar-refractivity contribution is 0.0949. The number of amides is 1. The summed E-state index contributed by atoms with van der Waals surface area (Å²) in [5.41, 5.74) is 4.22. The lowest BCUT2D eigenvalue weighted by atomic mass is 10.1. The summed E-state index contributed by atoms with van der Waals surface area (Å²) < 4.78 is 1.83. The Bertz CT molecular complexity index is 887. The molecule has 3 aromatic rings. The van der Waals surface area contributed by atoms with Crippen molar-refractivity contribution in [1.29, 1.82) is 0 Å². The summed E-state index contributed by atoms with van der Waals surface area (Å²) in [5, 5.41) is 8.19. The van der Waals surface area contributed by atoms with Gasteiger partial charge in [-0.25, -0.2) is 0 Å². The number of halogens is 1. The van der Waals surface area contributed by atoms with E-state index >= 15 is 0 Å². The number of benzene rings is 2. The van der Waals surface area contributed by atoms with Crippen LogP contribution >= 0.6 is 11.6 Å². The largest absolute Gasteiger partial charge is 0.348 e. The van der Waals surface area contributed by atoms with E-state index in [1.807, 2.05) is 73.1 Å². The maximum Gasteiger partial charge on any atom is 0.255 e. The van der Waals surface area contributed by atoms with E-state index in [2.05, 4.69) is 10.4 Å². The van der Waals surface area contributed by atoms with Crippen molar-refractivity contribution in [3.05, 3.63) is 87.7 Å². The number of hydrogen-bond donors (Lipinski definition) is 1. The Morgan fingerprint density at radius 2 is 1.76 bits per heavy atom. The first kappa shape index (κ1) is 17.2. The van der Waals surface area contributed by atoms with E-state index in [1.165, 1.54) is 0 Å². The molecule has 0 radical (unpaired) electrons. The third-order valence-electron chi connectivity index (χ3n) is 4.18. The number of aryl methyl sites for hydroxylation is 1. The van der Waals surface area contributed by atoms with Crippen LogP contribution in [0.2, 0.25) is 5.02 Å². The minimum atomic E-state index is -0.107. The van der Waals surface area contributed by atoms with Crippen molar-refractivity contribution in [1.82, 2.24) is 15.1 Å². The van der Waals surface area contributed by atoms with Gasteiger partial charge in [-0.15, -0.1) is 0 Å². The van der Waals surface area contributed by atoms with Gasteiger partial charge < -0.3 is 5.32 Å². The van der Waals surface area contributed by atoms with E-state index in [4.69, 9.17) is 11.6 Å². The second kappa shape index (κ2) is 7.53. The molecule has 0 bridgehead atoms. The highest BCUT2D eigenvalue weighted by Gasteiger charge is 2.18. The number of nitrogens with one attached hydrogen (secondary N) is 1. The van der Waals surface area contributed by atoms with Crippen LogP contribution in [0.5, 0.6) is 0 Å². The van der Waals surface area contributed by atoms with Gasteiger partial charge in [0.05, 0.1) is 17.8 Å². The molecule has 0 spiro atoms. The van der Waals surface area contributed by atoms with Crippen LogP contribution < -0.4 is 5.32 Å². The fraction of sp³-hybridized carbons (Fsp3) is 0.200. The molecule has 4 nitrogen and oxygen atoms in total. The van der Waals surface area contributed by atoms with Gasteiger partial charge in [-0.1, -0.05) is 60.1 Å². The third-order valence-corrected chi connectivity index (χ3v) is 4.55. The molecule has 128 valence electrons. The number of rotatable bonds is 5. The van der Waals surface area contributed by atoms with Crippen LogP contribution in [0.1, 0.15) is 32.9 Å². The monoisotopic (exact) mass is 353 g/mol. The van der Waals surface area contributed by atoms with Crippen molar-refractivity contribution in [3.63, 3.8) is 0 Å². The lowest BCUT2D eigenvalue weighted by Crippen LogP contribution is -2.24. The average molecular weight is 354 g/mol. The highest BCUT2D eigenvalue weighted by molar-refractivity contribution is 6.31. The van der Waals surface area contributed by atoms with Crippen molar-refractivity contribution in [2.45, 2.75) is 26.9 Å². The Balaban J connectivity index is 1.77. The normalized spacial score (nSPS) is 10.7. The smallest absolute Gasteiger partial charge is 0.255 e. The summed E-state index contributed by atoms with van der Waals surface area (Å²) in [6, 6.07) is 17.5. The topological polar surface area (TPSA) is 46.9 Å². The number of hydrogen-bond acceptors (Lipinski definition) is 2. The van der Waals surface area contributed by atoms with Gasteiger partial charge in [0.1, 0.15) is 0 Å². The number of carbonyl (C=O) groups excluding carboxylic acids is 1. The standard InChI is InChI=1S/C20H20ClN3O/c1-14-19(20(25)22-12-16-8-4-3-5-9-16)15(2)24(23-14)13-17-10-6-7-11-18(17)21/h3-11H,12-13H2,1-2H3,(H,22,25). The number of aromatic nitrogens is 2. The summed E-state index contributed by atoms with van der Waals surface area (Å²) in [5.74, 6) is -0.107. The van der Waals surface area contributed by atoms with Crippen molar-refractivity contribution < 1.29 is 4.79 Å². The summed E-state index contributed by atoms with van der Waals surface area (Å²) >= 11 is 6.23. The van der Waals surface area contributed by atoms with Crippen molar-refractivity contribution in [3.8, 4) is 0 Å². The van der Waals surface area contributed by atoms with Crippen molar-refractivity contribution >= 4 is 17.5 Å². The van der Waals surface area contributed by atoms with E-state index in [9.17, 15) is 4.79 Å². The molecule has 0 saturated carbocycles. The summed E-state index contributed by atoms with van der Waals surface area (Å²) in [6.07, 6.45) is 0. The van der Waals surface area contributed by atoms with Crippen LogP contribution in [0.3, 0.4) is 0 Å². The fourth-order valence-corrected chi connectivity index (χ4v) is 3.03. The van der Waals surface area contributed by atoms with Crippen LogP contribution in [-0.4, -0.2) is 15.7 Å². The van der Waals surface area contributed by atoms with Gasteiger partial charge in [-0.2, -0.15) is 5.10 Å². The highest BCUT2D eigenvalue weighted by Crippen LogP contribution is 2.19. The summed E-state index contributed by atoms with van der Waals surface area (Å²) in [7, 11) is 0. The van der Waals surface area contributed by atoms with Gasteiger partial charge in [0.25, 0.3) is 5.91 Å². The predicted octanol–water partition coefficient (Wildman–Crippen LogP) is 4.13. The minimum absolute atomic E-state index is 0.107. The average Bonchev–Trinajstić information content (AvgIpc) is 2.89. The molecule has 1 aromatic heterocycles. The van der Waals surface area contributed by atoms with Gasteiger partial charge in [-0.05, 0) is 31.0 Å². The molecule has 2 aromatic carbocycles. The van der Waals surface area contributed by atoms with E-state index in [0.29, 0.717) is 23.7 Å². The molecule has 0 aliphatic heterocycles. The first-order chi connectivity index (χ1) is 12.1. The molecule has 0 fully saturated rings. The Labute approximate surface area is 152 Å². The van der Waals surface area contributed by atoms with E-state index in [0.717, 1.165) is 22.5 Å².